The fraction of sp³-hybridized carbons (Fsp3) is 0. The fourth-order valence-electron chi connectivity index (χ4n) is 0.820. The molecular weight excluding hydrogens is 312 g/mol. The van der Waals surface area contributed by atoms with Crippen LogP contribution in [0.5, 0.6) is 0 Å². The Hall–Kier alpha value is -3.96. The molecule has 0 spiro atoms. The maximum Gasteiger partial charge on any atom is 0.119 e. The van der Waals surface area contributed by atoms with E-state index in [0.717, 1.165) is 0 Å². The van der Waals surface area contributed by atoms with E-state index in [0.29, 0.717) is 0 Å². The Morgan fingerprint density at radius 3 is 0.292 bits per heavy atom. The van der Waals surface area contributed by atoms with Gasteiger partial charge in [-0.15, -0.1) is 0 Å². The summed E-state index contributed by atoms with van der Waals surface area (Å²) < 4.78 is 0. The minimum absolute atomic E-state index is 1.44. The first-order valence-corrected chi connectivity index (χ1v) is 6.20. The molecule has 0 fully saturated rings. The molecule has 0 aliphatic carbocycles. The van der Waals surface area contributed by atoms with E-state index in [9.17, 15) is 0 Å². The second-order valence-corrected chi connectivity index (χ2v) is 3.17. The van der Waals surface area contributed by atoms with Crippen LogP contribution in [0.2, 0.25) is 0 Å². The molecule has 0 saturated heterocycles. The molecule has 120 valence electrons. The minimum atomic E-state index is 1.44. The quantitative estimate of drug-likeness (QED) is 0.408. The van der Waals surface area contributed by atoms with Crippen molar-refractivity contribution >= 4 is 0 Å². The van der Waals surface area contributed by atoms with Crippen LogP contribution in [0.25, 0.3) is 0 Å². The highest BCUT2D eigenvalue weighted by Crippen LogP contribution is 1.59. The molecule has 0 amide bonds. The summed E-state index contributed by atoms with van der Waals surface area (Å²) in [5.74, 6) is 0. The lowest BCUT2D eigenvalue weighted by atomic mass is 11.1. The molecule has 0 atom stereocenters. The van der Waals surface area contributed by atoms with Crippen LogP contribution < -0.4 is 0 Å². The Morgan fingerprint density at radius 1 is 0.167 bits per heavy atom. The molecule has 0 radical (unpaired) electrons. The van der Waals surface area contributed by atoms with Gasteiger partial charge in [0.2, 0.25) is 0 Å². The van der Waals surface area contributed by atoms with E-state index in [2.05, 4.69) is 59.8 Å². The maximum atomic E-state index is 3.56. The van der Waals surface area contributed by atoms with Gasteiger partial charge in [-0.05, 0) is 0 Å². The molecule has 0 aliphatic heterocycles. The summed E-state index contributed by atoms with van der Waals surface area (Å²) in [6, 6.07) is 0. The molecule has 0 unspecified atom stereocenters. The Balaban J connectivity index is 0.000000160. The van der Waals surface area contributed by atoms with Crippen molar-refractivity contribution in [1.82, 2.24) is 59.8 Å². The fourth-order valence-corrected chi connectivity index (χ4v) is 0.820. The molecule has 12 nitrogen and oxygen atoms in total. The molecule has 0 aliphatic rings. The summed E-state index contributed by atoms with van der Waals surface area (Å²) >= 11 is 0. The van der Waals surface area contributed by atoms with E-state index >= 15 is 0 Å². The van der Waals surface area contributed by atoms with Gasteiger partial charge in [-0.3, -0.25) is 0 Å². The van der Waals surface area contributed by atoms with Crippen molar-refractivity contribution in [3.8, 4) is 0 Å². The van der Waals surface area contributed by atoms with Gasteiger partial charge in [0.1, 0.15) is 75.9 Å². The molecule has 4 aromatic rings. The lowest BCUT2D eigenvalue weighted by Crippen LogP contribution is -1.73. The highest BCUT2D eigenvalue weighted by molar-refractivity contribution is 4.53. The van der Waals surface area contributed by atoms with Gasteiger partial charge >= 0.3 is 0 Å². The van der Waals surface area contributed by atoms with Crippen molar-refractivity contribution in [3.63, 3.8) is 0 Å². The second-order valence-electron chi connectivity index (χ2n) is 3.17. The van der Waals surface area contributed by atoms with Crippen LogP contribution in [0.4, 0.5) is 0 Å². The Labute approximate surface area is 136 Å². The predicted octanol–water partition coefficient (Wildman–Crippen LogP) is -0.514. The summed E-state index contributed by atoms with van der Waals surface area (Å²) in [7, 11) is 0. The molecule has 12 heteroatoms. The standard InChI is InChI=1S/4C3H3N3/c4*1-4-2-6-3-5-1/h4*1-3H. The van der Waals surface area contributed by atoms with Crippen LogP contribution >= 0.6 is 0 Å². The van der Waals surface area contributed by atoms with Crippen molar-refractivity contribution < 1.29 is 0 Å². The second kappa shape index (κ2) is 15.4. The first kappa shape index (κ1) is 18.1. The summed E-state index contributed by atoms with van der Waals surface area (Å²) in [4.78, 5) is 42.8. The largest absolute Gasteiger partial charge is 0.225 e. The molecule has 0 aromatic carbocycles. The monoisotopic (exact) mass is 324 g/mol. The summed E-state index contributed by atoms with van der Waals surface area (Å²) in [6.45, 7) is 0. The van der Waals surface area contributed by atoms with E-state index in [4.69, 9.17) is 0 Å². The van der Waals surface area contributed by atoms with Crippen molar-refractivity contribution in [2.75, 3.05) is 0 Å². The summed E-state index contributed by atoms with van der Waals surface area (Å²) in [5.41, 5.74) is 0. The van der Waals surface area contributed by atoms with Crippen molar-refractivity contribution in [2.45, 2.75) is 0 Å². The van der Waals surface area contributed by atoms with E-state index in [1.807, 2.05) is 0 Å². The molecule has 0 N–H and O–H groups in total. The molecule has 0 bridgehead atoms. The van der Waals surface area contributed by atoms with Crippen molar-refractivity contribution in [2.24, 2.45) is 0 Å². The summed E-state index contributed by atoms with van der Waals surface area (Å²) in [5, 5.41) is 0. The number of aromatic nitrogens is 12. The first-order chi connectivity index (χ1) is 12.0. The summed E-state index contributed by atoms with van der Waals surface area (Å²) in [6.07, 6.45) is 17.2. The van der Waals surface area contributed by atoms with Crippen molar-refractivity contribution in [3.05, 3.63) is 75.9 Å². The Kier molecular flexibility index (Phi) is 11.6. The third-order valence-electron chi connectivity index (χ3n) is 1.60. The van der Waals surface area contributed by atoms with Gasteiger partial charge in [-0.25, -0.2) is 59.8 Å². The highest BCUT2D eigenvalue weighted by Gasteiger charge is 1.61. The smallest absolute Gasteiger partial charge is 0.119 e. The molecule has 0 saturated carbocycles. The molecule has 24 heavy (non-hydrogen) atoms. The van der Waals surface area contributed by atoms with Crippen LogP contribution in [0.15, 0.2) is 75.9 Å². The topological polar surface area (TPSA) is 155 Å². The van der Waals surface area contributed by atoms with E-state index < -0.39 is 0 Å². The van der Waals surface area contributed by atoms with Crippen LogP contribution in [0.1, 0.15) is 0 Å². The zero-order chi connectivity index (χ0) is 17.0. The average Bonchev–Trinajstić information content (AvgIpc) is 2.75. The SMILES string of the molecule is c1ncncn1.c1ncncn1.c1ncncn1.c1ncncn1. The first-order valence-electron chi connectivity index (χ1n) is 6.20. The van der Waals surface area contributed by atoms with Crippen LogP contribution in [-0.2, 0) is 0 Å². The van der Waals surface area contributed by atoms with Crippen LogP contribution in [0, 0.1) is 0 Å². The van der Waals surface area contributed by atoms with Gasteiger partial charge < -0.3 is 0 Å². The molecule has 4 aromatic heterocycles. The zero-order valence-corrected chi connectivity index (χ0v) is 12.3. The Bertz CT molecular complexity index is 438. The predicted molar refractivity (Wildman–Crippen MR) is 79.3 cm³/mol. The number of rotatable bonds is 0. The molecule has 4 heterocycles. The average molecular weight is 324 g/mol. The van der Waals surface area contributed by atoms with Crippen LogP contribution in [0.3, 0.4) is 0 Å². The minimum Gasteiger partial charge on any atom is -0.225 e. The lowest BCUT2D eigenvalue weighted by Gasteiger charge is -1.69. The van der Waals surface area contributed by atoms with E-state index in [1.165, 1.54) is 75.9 Å². The third kappa shape index (κ3) is 13.0. The van der Waals surface area contributed by atoms with Gasteiger partial charge in [0.05, 0.1) is 0 Å². The Morgan fingerprint density at radius 2 is 0.250 bits per heavy atom. The van der Waals surface area contributed by atoms with E-state index in [1.54, 1.807) is 0 Å². The van der Waals surface area contributed by atoms with Gasteiger partial charge in [0, 0.05) is 0 Å². The number of hydrogen-bond donors (Lipinski definition) is 0. The third-order valence-corrected chi connectivity index (χ3v) is 1.60. The molecule has 4 rings (SSSR count). The van der Waals surface area contributed by atoms with Gasteiger partial charge in [-0.1, -0.05) is 0 Å². The highest BCUT2D eigenvalue weighted by atomic mass is 14.9. The molecular formula is C12H12N12. The lowest BCUT2D eigenvalue weighted by molar-refractivity contribution is 1.05. The maximum absolute atomic E-state index is 3.56. The number of hydrogen-bond acceptors (Lipinski definition) is 12. The zero-order valence-electron chi connectivity index (χ0n) is 12.3. The van der Waals surface area contributed by atoms with Gasteiger partial charge in [-0.2, -0.15) is 0 Å². The normalized spacial score (nSPS) is 8.00. The van der Waals surface area contributed by atoms with Gasteiger partial charge in [0.25, 0.3) is 0 Å². The van der Waals surface area contributed by atoms with Crippen LogP contribution in [-0.4, -0.2) is 59.8 Å². The van der Waals surface area contributed by atoms with Gasteiger partial charge in [0.15, 0.2) is 0 Å². The van der Waals surface area contributed by atoms with Crippen molar-refractivity contribution in [1.29, 1.82) is 0 Å². The van der Waals surface area contributed by atoms with E-state index in [-0.39, 0.29) is 0 Å². The number of nitrogens with zero attached hydrogens (tertiary/aromatic N) is 12.